The van der Waals surface area contributed by atoms with Crippen LogP contribution in [0.2, 0.25) is 0 Å². The van der Waals surface area contributed by atoms with E-state index in [-0.39, 0.29) is 18.2 Å². The Balaban J connectivity index is 1.86. The number of ether oxygens (including phenoxy) is 3. The average Bonchev–Trinajstić information content (AvgIpc) is 3.10. The van der Waals surface area contributed by atoms with Gasteiger partial charge in [-0.2, -0.15) is 0 Å². The van der Waals surface area contributed by atoms with E-state index in [9.17, 15) is 13.2 Å². The summed E-state index contributed by atoms with van der Waals surface area (Å²) in [5.41, 5.74) is 1.60. The summed E-state index contributed by atoms with van der Waals surface area (Å²) in [5, 5.41) is 4.32. The summed E-state index contributed by atoms with van der Waals surface area (Å²) in [5.74, 6) is 5.83. The van der Waals surface area contributed by atoms with Crippen LogP contribution in [0.5, 0.6) is 11.6 Å². The molecule has 0 radical (unpaired) electrons. The van der Waals surface area contributed by atoms with Crippen molar-refractivity contribution in [1.82, 2.24) is 14.8 Å². The summed E-state index contributed by atoms with van der Waals surface area (Å²) >= 11 is 0. The molecule has 0 amide bonds. The second-order valence-corrected chi connectivity index (χ2v) is 5.64. The van der Waals surface area contributed by atoms with Gasteiger partial charge in [-0.05, 0) is 42.3 Å². The molecule has 0 aliphatic carbocycles. The molecule has 3 rings (SSSR count). The van der Waals surface area contributed by atoms with Crippen LogP contribution in [0.1, 0.15) is 11.3 Å². The molecule has 2 aromatic heterocycles. The zero-order valence-corrected chi connectivity index (χ0v) is 15.3. The fourth-order valence-electron chi connectivity index (χ4n) is 2.27. The van der Waals surface area contributed by atoms with Crippen LogP contribution in [0.15, 0.2) is 54.9 Å². The molecule has 6 nitrogen and oxygen atoms in total. The van der Waals surface area contributed by atoms with Crippen molar-refractivity contribution in [3.8, 4) is 29.2 Å². The Kier molecular flexibility index (Phi) is 6.36. The number of nitrogens with zero attached hydrogens (tertiary/aromatic N) is 3. The maximum absolute atomic E-state index is 12.3. The summed E-state index contributed by atoms with van der Waals surface area (Å²) in [6.07, 6.45) is -1.49. The number of rotatable bonds is 6. The highest BCUT2D eigenvalue weighted by Gasteiger charge is 2.31. The lowest BCUT2D eigenvalue weighted by molar-refractivity contribution is -0.274. The summed E-state index contributed by atoms with van der Waals surface area (Å²) in [6, 6.07) is 10.7. The molecular weight excluding hydrogens is 387 g/mol. The quantitative estimate of drug-likeness (QED) is 0.465. The van der Waals surface area contributed by atoms with E-state index in [0.717, 1.165) is 0 Å². The van der Waals surface area contributed by atoms with Gasteiger partial charge in [-0.3, -0.25) is 0 Å². The number of aromatic nitrogens is 3. The number of pyridine rings is 1. The van der Waals surface area contributed by atoms with Gasteiger partial charge in [0.1, 0.15) is 23.6 Å². The zero-order chi connectivity index (χ0) is 20.7. The monoisotopic (exact) mass is 403 g/mol. The van der Waals surface area contributed by atoms with E-state index in [0.29, 0.717) is 23.6 Å². The molecular formula is C20H16F3N3O3. The van der Waals surface area contributed by atoms with Crippen molar-refractivity contribution in [3.63, 3.8) is 0 Å². The van der Waals surface area contributed by atoms with Crippen molar-refractivity contribution in [2.45, 2.75) is 6.36 Å². The number of hydrogen-bond acceptors (Lipinski definition) is 5. The van der Waals surface area contributed by atoms with E-state index in [1.54, 1.807) is 31.6 Å². The first-order chi connectivity index (χ1) is 13.9. The SMILES string of the molecule is COCCOc1nn(-c2ccc(OC(F)(F)F)cc2)cc1C#Cc1ccccn1. The summed E-state index contributed by atoms with van der Waals surface area (Å²) in [7, 11) is 1.55. The molecule has 0 aliphatic heterocycles. The highest BCUT2D eigenvalue weighted by Crippen LogP contribution is 2.24. The predicted octanol–water partition coefficient (Wildman–Crippen LogP) is 3.59. The summed E-state index contributed by atoms with van der Waals surface area (Å²) < 4.78 is 52.8. The molecule has 1 aromatic carbocycles. The maximum atomic E-state index is 12.3. The van der Waals surface area contributed by atoms with Gasteiger partial charge >= 0.3 is 6.36 Å². The molecule has 0 bridgehead atoms. The number of halogens is 3. The molecule has 0 atom stereocenters. The normalized spacial score (nSPS) is 10.9. The van der Waals surface area contributed by atoms with Crippen LogP contribution in [0.3, 0.4) is 0 Å². The predicted molar refractivity (Wildman–Crippen MR) is 97.8 cm³/mol. The summed E-state index contributed by atoms with van der Waals surface area (Å²) in [4.78, 5) is 4.14. The molecule has 150 valence electrons. The topological polar surface area (TPSA) is 58.4 Å². The van der Waals surface area contributed by atoms with Crippen LogP contribution in [-0.4, -0.2) is 41.5 Å². The largest absolute Gasteiger partial charge is 0.573 e. The van der Waals surface area contributed by atoms with Crippen molar-refractivity contribution in [3.05, 3.63) is 66.1 Å². The van der Waals surface area contributed by atoms with Crippen molar-refractivity contribution in [2.24, 2.45) is 0 Å². The molecule has 2 heterocycles. The smallest absolute Gasteiger partial charge is 0.473 e. The van der Waals surface area contributed by atoms with Crippen molar-refractivity contribution in [1.29, 1.82) is 0 Å². The lowest BCUT2D eigenvalue weighted by atomic mass is 10.3. The van der Waals surface area contributed by atoms with Crippen molar-refractivity contribution >= 4 is 0 Å². The van der Waals surface area contributed by atoms with Gasteiger partial charge in [0.25, 0.3) is 0 Å². The minimum Gasteiger partial charge on any atom is -0.473 e. The number of alkyl halides is 3. The van der Waals surface area contributed by atoms with E-state index in [1.807, 2.05) is 6.07 Å². The third-order valence-electron chi connectivity index (χ3n) is 3.53. The van der Waals surface area contributed by atoms with E-state index < -0.39 is 6.36 Å². The standard InChI is InChI=1S/C20H16F3N3O3/c1-27-12-13-28-19-15(5-6-16-4-2-3-11-24-16)14-26(25-19)17-7-9-18(10-8-17)29-20(21,22)23/h2-4,7-11,14H,12-13H2,1H3. The van der Waals surface area contributed by atoms with Gasteiger partial charge in [-0.1, -0.05) is 12.0 Å². The Bertz CT molecular complexity index is 991. The lowest BCUT2D eigenvalue weighted by Gasteiger charge is -2.09. The fraction of sp³-hybridized carbons (Fsp3) is 0.200. The van der Waals surface area contributed by atoms with Gasteiger partial charge in [-0.25, -0.2) is 9.67 Å². The van der Waals surface area contributed by atoms with Crippen LogP contribution < -0.4 is 9.47 Å². The maximum Gasteiger partial charge on any atom is 0.573 e. The van der Waals surface area contributed by atoms with Gasteiger partial charge in [0.2, 0.25) is 5.88 Å². The molecule has 9 heteroatoms. The number of methoxy groups -OCH3 is 1. The third kappa shape index (κ3) is 5.99. The first-order valence-electron chi connectivity index (χ1n) is 8.45. The first-order valence-corrected chi connectivity index (χ1v) is 8.45. The van der Waals surface area contributed by atoms with E-state index in [1.165, 1.54) is 28.9 Å². The van der Waals surface area contributed by atoms with E-state index >= 15 is 0 Å². The minimum absolute atomic E-state index is 0.268. The highest BCUT2D eigenvalue weighted by atomic mass is 19.4. The Morgan fingerprint density at radius 2 is 1.83 bits per heavy atom. The molecule has 29 heavy (non-hydrogen) atoms. The van der Waals surface area contributed by atoms with Gasteiger partial charge in [0.05, 0.1) is 18.5 Å². The average molecular weight is 403 g/mol. The van der Waals surface area contributed by atoms with Gasteiger partial charge in [-0.15, -0.1) is 18.3 Å². The number of hydrogen-bond donors (Lipinski definition) is 0. The van der Waals surface area contributed by atoms with Gasteiger partial charge in [0.15, 0.2) is 0 Å². The summed E-state index contributed by atoms with van der Waals surface area (Å²) in [6.45, 7) is 0.633. The highest BCUT2D eigenvalue weighted by molar-refractivity contribution is 5.47. The Morgan fingerprint density at radius 1 is 1.03 bits per heavy atom. The van der Waals surface area contributed by atoms with Crippen LogP contribution >= 0.6 is 0 Å². The van der Waals surface area contributed by atoms with Crippen molar-refractivity contribution < 1.29 is 27.4 Å². The molecule has 0 unspecified atom stereocenters. The molecule has 3 aromatic rings. The minimum atomic E-state index is -4.75. The van der Waals surface area contributed by atoms with Crippen LogP contribution in [0.4, 0.5) is 13.2 Å². The third-order valence-corrected chi connectivity index (χ3v) is 3.53. The molecule has 0 saturated carbocycles. The molecule has 0 fully saturated rings. The zero-order valence-electron chi connectivity index (χ0n) is 15.3. The Morgan fingerprint density at radius 3 is 2.48 bits per heavy atom. The van der Waals surface area contributed by atoms with Gasteiger partial charge < -0.3 is 14.2 Å². The van der Waals surface area contributed by atoms with Crippen LogP contribution in [0.25, 0.3) is 5.69 Å². The molecule has 0 N–H and O–H groups in total. The van der Waals surface area contributed by atoms with E-state index in [4.69, 9.17) is 9.47 Å². The second kappa shape index (κ2) is 9.12. The number of benzene rings is 1. The Labute approximate surface area is 164 Å². The van der Waals surface area contributed by atoms with Gasteiger partial charge in [0, 0.05) is 13.3 Å². The van der Waals surface area contributed by atoms with Crippen LogP contribution in [0, 0.1) is 11.8 Å². The lowest BCUT2D eigenvalue weighted by Crippen LogP contribution is -2.17. The second-order valence-electron chi connectivity index (χ2n) is 5.64. The first kappa shape index (κ1) is 20.2. The van der Waals surface area contributed by atoms with E-state index in [2.05, 4.69) is 26.7 Å². The Hall–Kier alpha value is -3.51. The van der Waals surface area contributed by atoms with Crippen molar-refractivity contribution in [2.75, 3.05) is 20.3 Å². The molecule has 0 saturated heterocycles. The van der Waals surface area contributed by atoms with Crippen LogP contribution in [-0.2, 0) is 4.74 Å². The fourth-order valence-corrected chi connectivity index (χ4v) is 2.27. The molecule has 0 aliphatic rings. The molecule has 0 spiro atoms.